The third-order valence-corrected chi connectivity index (χ3v) is 7.12. The zero-order valence-electron chi connectivity index (χ0n) is 20.5. The molecular weight excluding hydrogens is 412 g/mol. The summed E-state index contributed by atoms with van der Waals surface area (Å²) in [6.45, 7) is 10.2. The molecule has 2 unspecified atom stereocenters. The Labute approximate surface area is 195 Å². The normalized spacial score (nSPS) is 18.3. The van der Waals surface area contributed by atoms with E-state index >= 15 is 0 Å². The Balaban J connectivity index is 1.70. The molecule has 33 heavy (non-hydrogen) atoms. The van der Waals surface area contributed by atoms with Crippen LogP contribution in [0.2, 0.25) is 0 Å². The standard InChI is InChI=1S/C27H32N4O2/c1-8-21-17(4)25(30(6)18(21)5)26(32)29-20-10-9-15(2)22(13-20)23-12-19-14-28-16(3)11-24(19)31(7)27(23)33/h9-14,17,25H,8H2,1-7H3,(H,29,32). The van der Waals surface area contributed by atoms with E-state index in [2.05, 4.69) is 36.0 Å². The first-order valence-corrected chi connectivity index (χ1v) is 11.4. The molecule has 0 bridgehead atoms. The maximum atomic E-state index is 13.2. The van der Waals surface area contributed by atoms with Crippen molar-refractivity contribution in [1.29, 1.82) is 0 Å². The monoisotopic (exact) mass is 444 g/mol. The fourth-order valence-corrected chi connectivity index (χ4v) is 5.14. The minimum absolute atomic E-state index is 0.0336. The number of carbonyl (C=O) groups excluding carboxylic acids is 1. The summed E-state index contributed by atoms with van der Waals surface area (Å²) >= 11 is 0. The first kappa shape index (κ1) is 22.8. The highest BCUT2D eigenvalue weighted by Crippen LogP contribution is 2.35. The number of carbonyl (C=O) groups is 1. The van der Waals surface area contributed by atoms with E-state index in [-0.39, 0.29) is 23.4 Å². The van der Waals surface area contributed by atoms with Gasteiger partial charge in [-0.3, -0.25) is 14.6 Å². The van der Waals surface area contributed by atoms with Crippen molar-refractivity contribution in [3.05, 3.63) is 69.4 Å². The number of likely N-dealkylation sites (N-methyl/N-ethyl adjacent to an activating group) is 1. The number of aromatic nitrogens is 2. The van der Waals surface area contributed by atoms with E-state index in [1.165, 1.54) is 11.3 Å². The predicted molar refractivity (Wildman–Crippen MR) is 134 cm³/mol. The maximum absolute atomic E-state index is 13.2. The Bertz CT molecular complexity index is 1350. The number of nitrogens with one attached hydrogen (secondary N) is 1. The van der Waals surface area contributed by atoms with E-state index < -0.39 is 0 Å². The van der Waals surface area contributed by atoms with E-state index in [1.54, 1.807) is 17.8 Å². The minimum Gasteiger partial charge on any atom is -0.366 e. The molecule has 3 aromatic rings. The molecule has 1 N–H and O–H groups in total. The highest BCUT2D eigenvalue weighted by atomic mass is 16.2. The van der Waals surface area contributed by atoms with Crippen LogP contribution in [0.25, 0.3) is 22.0 Å². The maximum Gasteiger partial charge on any atom is 0.258 e. The molecule has 3 heterocycles. The topological polar surface area (TPSA) is 67.2 Å². The third kappa shape index (κ3) is 3.84. The van der Waals surface area contributed by atoms with Gasteiger partial charge in [0.1, 0.15) is 6.04 Å². The number of pyridine rings is 2. The van der Waals surface area contributed by atoms with Gasteiger partial charge < -0.3 is 14.8 Å². The van der Waals surface area contributed by atoms with Gasteiger partial charge in [0, 0.05) is 54.2 Å². The van der Waals surface area contributed by atoms with Gasteiger partial charge in [0.15, 0.2) is 0 Å². The van der Waals surface area contributed by atoms with Gasteiger partial charge >= 0.3 is 0 Å². The fourth-order valence-electron chi connectivity index (χ4n) is 5.14. The lowest BCUT2D eigenvalue weighted by molar-refractivity contribution is -0.120. The van der Waals surface area contributed by atoms with Gasteiger partial charge in [-0.15, -0.1) is 0 Å². The van der Waals surface area contributed by atoms with Crippen LogP contribution in [0.5, 0.6) is 0 Å². The Hall–Kier alpha value is -3.41. The van der Waals surface area contributed by atoms with Crippen molar-refractivity contribution in [2.75, 3.05) is 12.4 Å². The number of hydrogen-bond acceptors (Lipinski definition) is 4. The number of aryl methyl sites for hydroxylation is 3. The Morgan fingerprint density at radius 3 is 2.48 bits per heavy atom. The summed E-state index contributed by atoms with van der Waals surface area (Å²) in [5.74, 6) is 0.127. The molecule has 0 aliphatic carbocycles. The van der Waals surface area contributed by atoms with Crippen LogP contribution in [0.3, 0.4) is 0 Å². The number of anilines is 1. The Morgan fingerprint density at radius 2 is 1.82 bits per heavy atom. The molecule has 1 aliphatic rings. The summed E-state index contributed by atoms with van der Waals surface area (Å²) in [5.41, 5.74) is 7.22. The number of hydrogen-bond donors (Lipinski definition) is 1. The van der Waals surface area contributed by atoms with Crippen molar-refractivity contribution < 1.29 is 4.79 Å². The van der Waals surface area contributed by atoms with E-state index in [4.69, 9.17) is 0 Å². The van der Waals surface area contributed by atoms with Crippen LogP contribution < -0.4 is 10.9 Å². The van der Waals surface area contributed by atoms with Crippen LogP contribution in [0, 0.1) is 19.8 Å². The average Bonchev–Trinajstić information content (AvgIpc) is 3.00. The zero-order valence-corrected chi connectivity index (χ0v) is 20.5. The molecule has 1 aromatic carbocycles. The molecule has 0 radical (unpaired) electrons. The van der Waals surface area contributed by atoms with Gasteiger partial charge in [0.2, 0.25) is 5.91 Å². The lowest BCUT2D eigenvalue weighted by atomic mass is 9.93. The molecule has 0 fully saturated rings. The van der Waals surface area contributed by atoms with Gasteiger partial charge in [-0.2, -0.15) is 0 Å². The van der Waals surface area contributed by atoms with Crippen molar-refractivity contribution in [1.82, 2.24) is 14.5 Å². The van der Waals surface area contributed by atoms with Gasteiger partial charge in [-0.25, -0.2) is 0 Å². The SMILES string of the molecule is CCC1=C(C)N(C)C(C(=O)Nc2ccc(C)c(-c3cc4cnc(C)cc4n(C)c3=O)c2)C1C. The number of benzene rings is 1. The van der Waals surface area contributed by atoms with E-state index in [0.29, 0.717) is 11.3 Å². The molecule has 1 amide bonds. The summed E-state index contributed by atoms with van der Waals surface area (Å²) in [6, 6.07) is 9.32. The molecule has 172 valence electrons. The van der Waals surface area contributed by atoms with Gasteiger partial charge in [-0.05, 0) is 68.2 Å². The van der Waals surface area contributed by atoms with Gasteiger partial charge in [0.05, 0.1) is 5.52 Å². The van der Waals surface area contributed by atoms with Crippen molar-refractivity contribution in [2.45, 2.75) is 47.1 Å². The quantitative estimate of drug-likeness (QED) is 0.628. The molecule has 2 aromatic heterocycles. The molecule has 4 rings (SSSR count). The second kappa shape index (κ2) is 8.50. The average molecular weight is 445 g/mol. The van der Waals surface area contributed by atoms with E-state index in [1.807, 2.05) is 51.2 Å². The first-order chi connectivity index (χ1) is 15.6. The lowest BCUT2D eigenvalue weighted by Gasteiger charge is -2.26. The van der Waals surface area contributed by atoms with Crippen molar-refractivity contribution in [3.63, 3.8) is 0 Å². The first-order valence-electron chi connectivity index (χ1n) is 11.4. The second-order valence-electron chi connectivity index (χ2n) is 9.13. The molecule has 0 saturated carbocycles. The molecule has 0 saturated heterocycles. The number of amides is 1. The predicted octanol–water partition coefficient (Wildman–Crippen LogP) is 4.79. The number of fused-ring (bicyclic) bond motifs is 1. The number of rotatable bonds is 4. The smallest absolute Gasteiger partial charge is 0.258 e. The summed E-state index contributed by atoms with van der Waals surface area (Å²) < 4.78 is 1.67. The highest BCUT2D eigenvalue weighted by Gasteiger charge is 2.37. The van der Waals surface area contributed by atoms with E-state index in [9.17, 15) is 9.59 Å². The lowest BCUT2D eigenvalue weighted by Crippen LogP contribution is -2.41. The molecule has 6 nitrogen and oxygen atoms in total. The van der Waals surface area contributed by atoms with Crippen molar-refractivity contribution >= 4 is 22.5 Å². The summed E-state index contributed by atoms with van der Waals surface area (Å²) in [4.78, 5) is 32.9. The van der Waals surface area contributed by atoms with Gasteiger partial charge in [-0.1, -0.05) is 19.9 Å². The summed E-state index contributed by atoms with van der Waals surface area (Å²) in [6.07, 6.45) is 2.74. The molecule has 2 atom stereocenters. The molecule has 1 aliphatic heterocycles. The van der Waals surface area contributed by atoms with Crippen LogP contribution in [-0.2, 0) is 11.8 Å². The Morgan fingerprint density at radius 1 is 1.09 bits per heavy atom. The van der Waals surface area contributed by atoms with Crippen molar-refractivity contribution in [3.8, 4) is 11.1 Å². The minimum atomic E-state index is -0.243. The molecular formula is C27H32N4O2. The second-order valence-corrected chi connectivity index (χ2v) is 9.13. The van der Waals surface area contributed by atoms with Gasteiger partial charge in [0.25, 0.3) is 5.56 Å². The number of allylic oxidation sites excluding steroid dienone is 1. The molecule has 0 spiro atoms. The van der Waals surface area contributed by atoms with Crippen LogP contribution >= 0.6 is 0 Å². The third-order valence-electron chi connectivity index (χ3n) is 7.12. The Kier molecular flexibility index (Phi) is 5.87. The van der Waals surface area contributed by atoms with Crippen LogP contribution in [0.1, 0.15) is 38.4 Å². The molecule has 6 heteroatoms. The largest absolute Gasteiger partial charge is 0.366 e. The fraction of sp³-hybridized carbons (Fsp3) is 0.370. The van der Waals surface area contributed by atoms with Crippen LogP contribution in [0.4, 0.5) is 5.69 Å². The summed E-state index contributed by atoms with van der Waals surface area (Å²) in [7, 11) is 3.76. The zero-order chi connectivity index (χ0) is 24.0. The highest BCUT2D eigenvalue weighted by molar-refractivity contribution is 5.96. The van der Waals surface area contributed by atoms with E-state index in [0.717, 1.165) is 34.1 Å². The van der Waals surface area contributed by atoms with Crippen LogP contribution in [-0.4, -0.2) is 33.4 Å². The van der Waals surface area contributed by atoms with Crippen molar-refractivity contribution in [2.24, 2.45) is 13.0 Å². The number of nitrogens with zero attached hydrogens (tertiary/aromatic N) is 3. The summed E-state index contributed by atoms with van der Waals surface area (Å²) in [5, 5.41) is 4.00. The van der Waals surface area contributed by atoms with Crippen LogP contribution in [0.15, 0.2) is 52.6 Å².